The molecule has 0 atom stereocenters. The van der Waals surface area contributed by atoms with Crippen LogP contribution in [0.5, 0.6) is 23.0 Å². The zero-order valence-electron chi connectivity index (χ0n) is 17.5. The standard InChI is InChI=1S/C23H25IN2O5/c1-5-10-30-19-9-8-17(14-20(19)28-4)23(27)26-25-15-16-12-18(24)22(31-11-6-2)21(13-16)29-7-3/h5-6,8-9,12-15H,1-2,7,10-11H2,3-4H3,(H,26,27)/b25-15+. The molecule has 7 nitrogen and oxygen atoms in total. The second-order valence-electron chi connectivity index (χ2n) is 6.03. The van der Waals surface area contributed by atoms with E-state index >= 15 is 0 Å². The van der Waals surface area contributed by atoms with Gasteiger partial charge in [0.25, 0.3) is 5.91 Å². The molecule has 0 aromatic heterocycles. The van der Waals surface area contributed by atoms with E-state index in [0.717, 1.165) is 9.13 Å². The molecule has 0 saturated carbocycles. The number of benzene rings is 2. The van der Waals surface area contributed by atoms with E-state index in [2.05, 4.69) is 46.3 Å². The fourth-order valence-electron chi connectivity index (χ4n) is 2.51. The van der Waals surface area contributed by atoms with Gasteiger partial charge in [-0.1, -0.05) is 25.3 Å². The van der Waals surface area contributed by atoms with Crippen molar-refractivity contribution in [3.8, 4) is 23.0 Å². The van der Waals surface area contributed by atoms with E-state index < -0.39 is 0 Å². The Morgan fingerprint density at radius 2 is 1.81 bits per heavy atom. The molecular weight excluding hydrogens is 511 g/mol. The van der Waals surface area contributed by atoms with Crippen LogP contribution in [0.1, 0.15) is 22.8 Å². The highest BCUT2D eigenvalue weighted by atomic mass is 127. The van der Waals surface area contributed by atoms with Gasteiger partial charge in [-0.3, -0.25) is 4.79 Å². The lowest BCUT2D eigenvalue weighted by Crippen LogP contribution is -2.17. The van der Waals surface area contributed by atoms with Crippen molar-refractivity contribution in [3.63, 3.8) is 0 Å². The molecule has 164 valence electrons. The number of carbonyl (C=O) groups is 1. The molecule has 0 aliphatic heterocycles. The summed E-state index contributed by atoms with van der Waals surface area (Å²) in [5, 5.41) is 4.05. The van der Waals surface area contributed by atoms with E-state index in [4.69, 9.17) is 18.9 Å². The van der Waals surface area contributed by atoms with Gasteiger partial charge in [0.15, 0.2) is 23.0 Å². The zero-order valence-corrected chi connectivity index (χ0v) is 19.7. The van der Waals surface area contributed by atoms with Gasteiger partial charge in [-0.25, -0.2) is 5.43 Å². The van der Waals surface area contributed by atoms with Gasteiger partial charge in [-0.15, -0.1) is 0 Å². The van der Waals surface area contributed by atoms with Crippen LogP contribution in [0.4, 0.5) is 0 Å². The molecule has 0 aliphatic rings. The van der Waals surface area contributed by atoms with E-state index in [0.29, 0.717) is 48.4 Å². The Kier molecular flexibility index (Phi) is 9.89. The van der Waals surface area contributed by atoms with Crippen molar-refractivity contribution >= 4 is 34.7 Å². The fourth-order valence-corrected chi connectivity index (χ4v) is 3.30. The number of nitrogens with one attached hydrogen (secondary N) is 1. The normalized spacial score (nSPS) is 10.4. The number of nitrogens with zero attached hydrogens (tertiary/aromatic N) is 1. The summed E-state index contributed by atoms with van der Waals surface area (Å²) < 4.78 is 23.0. The number of hydrogen-bond donors (Lipinski definition) is 1. The first-order valence-corrected chi connectivity index (χ1v) is 10.6. The topological polar surface area (TPSA) is 78.4 Å². The lowest BCUT2D eigenvalue weighted by molar-refractivity contribution is 0.0954. The second kappa shape index (κ2) is 12.6. The van der Waals surface area contributed by atoms with Crippen LogP contribution >= 0.6 is 22.6 Å². The molecule has 31 heavy (non-hydrogen) atoms. The van der Waals surface area contributed by atoms with E-state index in [1.54, 1.807) is 42.6 Å². The van der Waals surface area contributed by atoms with E-state index in [9.17, 15) is 4.79 Å². The number of carbonyl (C=O) groups excluding carboxylic acids is 1. The summed E-state index contributed by atoms with van der Waals surface area (Å²) in [5.74, 6) is 1.84. The Labute approximate surface area is 195 Å². The summed E-state index contributed by atoms with van der Waals surface area (Å²) in [7, 11) is 1.51. The number of hydrogen-bond acceptors (Lipinski definition) is 6. The molecule has 0 heterocycles. The molecule has 0 radical (unpaired) electrons. The van der Waals surface area contributed by atoms with Crippen molar-refractivity contribution in [1.82, 2.24) is 5.43 Å². The van der Waals surface area contributed by atoms with E-state index in [-0.39, 0.29) is 5.91 Å². The molecule has 2 rings (SSSR count). The van der Waals surface area contributed by atoms with Crippen molar-refractivity contribution < 1.29 is 23.7 Å². The molecule has 0 fully saturated rings. The smallest absolute Gasteiger partial charge is 0.271 e. The van der Waals surface area contributed by atoms with Crippen LogP contribution in [0.2, 0.25) is 0 Å². The summed E-state index contributed by atoms with van der Waals surface area (Å²) in [6.45, 7) is 10.4. The summed E-state index contributed by atoms with van der Waals surface area (Å²) in [4.78, 5) is 12.4. The van der Waals surface area contributed by atoms with Gasteiger partial charge in [0, 0.05) is 5.56 Å². The first-order valence-electron chi connectivity index (χ1n) is 9.49. The molecule has 1 amide bonds. The Hall–Kier alpha value is -3.01. The quantitative estimate of drug-likeness (QED) is 0.186. The van der Waals surface area contributed by atoms with Gasteiger partial charge in [0.1, 0.15) is 13.2 Å². The first-order chi connectivity index (χ1) is 15.0. The Balaban J connectivity index is 2.13. The van der Waals surface area contributed by atoms with Crippen molar-refractivity contribution in [2.45, 2.75) is 6.92 Å². The Bertz CT molecular complexity index is 959. The predicted octanol–water partition coefficient (Wildman–Crippen LogP) is 4.59. The first kappa shape index (κ1) is 24.3. The lowest BCUT2D eigenvalue weighted by Gasteiger charge is -2.13. The molecule has 0 bridgehead atoms. The van der Waals surface area contributed by atoms with Crippen LogP contribution in [0.3, 0.4) is 0 Å². The van der Waals surface area contributed by atoms with Crippen LogP contribution in [0.25, 0.3) is 0 Å². The highest BCUT2D eigenvalue weighted by molar-refractivity contribution is 14.1. The lowest BCUT2D eigenvalue weighted by atomic mass is 10.2. The number of methoxy groups -OCH3 is 1. The molecule has 8 heteroatoms. The maximum Gasteiger partial charge on any atom is 0.271 e. The van der Waals surface area contributed by atoms with Crippen molar-refractivity contribution in [2.24, 2.45) is 5.10 Å². The summed E-state index contributed by atoms with van der Waals surface area (Å²) in [5.41, 5.74) is 3.65. The molecule has 1 N–H and O–H groups in total. The predicted molar refractivity (Wildman–Crippen MR) is 130 cm³/mol. The number of ether oxygens (including phenoxy) is 4. The molecule has 0 saturated heterocycles. The molecule has 0 spiro atoms. The van der Waals surface area contributed by atoms with Crippen LogP contribution in [0.15, 0.2) is 60.7 Å². The highest BCUT2D eigenvalue weighted by Crippen LogP contribution is 2.34. The number of halogens is 1. The van der Waals surface area contributed by atoms with Crippen LogP contribution in [-0.4, -0.2) is 39.1 Å². The zero-order chi connectivity index (χ0) is 22.6. The molecule has 0 unspecified atom stereocenters. The fraction of sp³-hybridized carbons (Fsp3) is 0.217. The minimum absolute atomic E-state index is 0.339. The average Bonchev–Trinajstić information content (AvgIpc) is 2.77. The maximum absolute atomic E-state index is 12.4. The van der Waals surface area contributed by atoms with Crippen molar-refractivity contribution in [1.29, 1.82) is 0 Å². The van der Waals surface area contributed by atoms with Gasteiger partial charge in [-0.2, -0.15) is 5.10 Å². The summed E-state index contributed by atoms with van der Waals surface area (Å²) >= 11 is 2.17. The third-order valence-corrected chi connectivity index (χ3v) is 4.64. The van der Waals surface area contributed by atoms with Gasteiger partial charge in [0.05, 0.1) is 23.5 Å². The van der Waals surface area contributed by atoms with Gasteiger partial charge in [0.2, 0.25) is 0 Å². The van der Waals surface area contributed by atoms with Crippen LogP contribution in [-0.2, 0) is 0 Å². The molecule has 0 aliphatic carbocycles. The summed E-state index contributed by atoms with van der Waals surface area (Å²) in [6, 6.07) is 8.57. The SMILES string of the molecule is C=CCOc1ccc(C(=O)N/N=C/c2cc(I)c(OCC=C)c(OCC)c2)cc1OC. The second-order valence-corrected chi connectivity index (χ2v) is 7.19. The maximum atomic E-state index is 12.4. The van der Waals surface area contributed by atoms with Crippen LogP contribution in [0, 0.1) is 3.57 Å². The third kappa shape index (κ3) is 7.02. The number of rotatable bonds is 12. The van der Waals surface area contributed by atoms with E-state index in [1.165, 1.54) is 7.11 Å². The van der Waals surface area contributed by atoms with Crippen LogP contribution < -0.4 is 24.4 Å². The highest BCUT2D eigenvalue weighted by Gasteiger charge is 2.12. The van der Waals surface area contributed by atoms with E-state index in [1.807, 2.05) is 13.0 Å². The van der Waals surface area contributed by atoms with Gasteiger partial charge in [-0.05, 0) is 65.4 Å². The summed E-state index contributed by atoms with van der Waals surface area (Å²) in [6.07, 6.45) is 4.84. The van der Waals surface area contributed by atoms with Gasteiger partial charge >= 0.3 is 0 Å². The average molecular weight is 536 g/mol. The Morgan fingerprint density at radius 1 is 1.06 bits per heavy atom. The Morgan fingerprint density at radius 3 is 2.48 bits per heavy atom. The number of hydrazone groups is 1. The minimum atomic E-state index is -0.379. The molecular formula is C23H25IN2O5. The number of amides is 1. The minimum Gasteiger partial charge on any atom is -0.493 e. The monoisotopic (exact) mass is 536 g/mol. The van der Waals surface area contributed by atoms with Gasteiger partial charge < -0.3 is 18.9 Å². The van der Waals surface area contributed by atoms with Crippen molar-refractivity contribution in [3.05, 3.63) is 70.3 Å². The molecule has 2 aromatic rings. The third-order valence-electron chi connectivity index (χ3n) is 3.84. The van der Waals surface area contributed by atoms with Crippen molar-refractivity contribution in [2.75, 3.05) is 26.9 Å². The molecule has 2 aromatic carbocycles. The largest absolute Gasteiger partial charge is 0.493 e.